The van der Waals surface area contributed by atoms with Gasteiger partial charge in [0.1, 0.15) is 23.1 Å². The first-order valence-electron chi connectivity index (χ1n) is 8.20. The molecule has 0 spiro atoms. The number of aromatic nitrogens is 3. The Labute approximate surface area is 203 Å². The van der Waals surface area contributed by atoms with Crippen LogP contribution in [0.1, 0.15) is 17.0 Å². The topological polar surface area (TPSA) is 88.1 Å². The monoisotopic (exact) mass is 653 g/mol. The van der Waals surface area contributed by atoms with Gasteiger partial charge < -0.3 is 9.84 Å². The zero-order valence-corrected chi connectivity index (χ0v) is 20.8. The lowest BCUT2D eigenvalue weighted by molar-refractivity contribution is -0.131. The number of H-pyrrole nitrogens is 1. The van der Waals surface area contributed by atoms with Gasteiger partial charge in [-0.3, -0.25) is 5.10 Å². The summed E-state index contributed by atoms with van der Waals surface area (Å²) in [6.07, 6.45) is 1.60. The van der Waals surface area contributed by atoms with Crippen LogP contribution in [0.5, 0.6) is 5.75 Å². The lowest BCUT2D eigenvalue weighted by atomic mass is 10.2. The number of benzene rings is 2. The van der Waals surface area contributed by atoms with Crippen LogP contribution in [0.25, 0.3) is 6.08 Å². The van der Waals surface area contributed by atoms with Crippen LogP contribution in [0.15, 0.2) is 46.5 Å². The fraction of sp³-hybridized carbons (Fsp3) is 0.105. The number of aryl methyl sites for hydroxylation is 1. The van der Waals surface area contributed by atoms with Crippen molar-refractivity contribution in [3.63, 3.8) is 0 Å². The van der Waals surface area contributed by atoms with Gasteiger partial charge in [-0.25, -0.2) is 9.78 Å². The number of aliphatic carboxylic acids is 1. The van der Waals surface area contributed by atoms with Gasteiger partial charge in [0, 0.05) is 10.6 Å². The number of carboxylic acid groups (broad SMARTS) is 1. The van der Waals surface area contributed by atoms with Crippen LogP contribution in [-0.2, 0) is 11.4 Å². The third-order valence-corrected chi connectivity index (χ3v) is 6.49. The molecule has 0 aliphatic heterocycles. The summed E-state index contributed by atoms with van der Waals surface area (Å²) < 4.78 is 7.72. The normalized spacial score (nSPS) is 11.5. The molecule has 0 saturated carbocycles. The molecule has 0 fully saturated rings. The molecule has 0 radical (unpaired) electrons. The Hall–Kier alpha value is -1.31. The van der Waals surface area contributed by atoms with Gasteiger partial charge in [-0.05, 0) is 93.7 Å². The van der Waals surface area contributed by atoms with E-state index in [1.165, 1.54) is 0 Å². The first kappa shape index (κ1) is 22.4. The second-order valence-corrected chi connectivity index (χ2v) is 9.55. The molecule has 1 aromatic heterocycles. The van der Waals surface area contributed by atoms with E-state index in [0.29, 0.717) is 22.6 Å². The second-order valence-electron chi connectivity index (χ2n) is 5.81. The standard InChI is InChI=1S/C19H14ClI2N3O3S/c1-10-23-19(25-24-10)29-16(18(26)27)8-11-6-14(21)17(15(22)7-11)28-9-12-4-2-3-5-13(12)20/h2-8H,9H2,1H3,(H,26,27)(H,23,24,25)/b16-8-. The van der Waals surface area contributed by atoms with Crippen LogP contribution >= 0.6 is 68.5 Å². The molecule has 1 heterocycles. The quantitative estimate of drug-likeness (QED) is 0.191. The summed E-state index contributed by atoms with van der Waals surface area (Å²) in [6.45, 7) is 2.11. The number of nitrogens with one attached hydrogen (secondary N) is 1. The van der Waals surface area contributed by atoms with Crippen LogP contribution in [-0.4, -0.2) is 26.3 Å². The van der Waals surface area contributed by atoms with Gasteiger partial charge in [0.15, 0.2) is 0 Å². The molecule has 6 nitrogen and oxygen atoms in total. The highest BCUT2D eigenvalue weighted by atomic mass is 127. The molecule has 10 heteroatoms. The molecule has 2 aromatic carbocycles. The number of nitrogens with zero attached hydrogens (tertiary/aromatic N) is 2. The van der Waals surface area contributed by atoms with Crippen molar-refractivity contribution < 1.29 is 14.6 Å². The number of ether oxygens (including phenoxy) is 1. The fourth-order valence-electron chi connectivity index (χ4n) is 2.32. The van der Waals surface area contributed by atoms with Crippen molar-refractivity contribution in [3.05, 3.63) is 70.4 Å². The molecule has 150 valence electrons. The maximum atomic E-state index is 11.6. The van der Waals surface area contributed by atoms with Gasteiger partial charge in [0.05, 0.1) is 7.14 Å². The van der Waals surface area contributed by atoms with E-state index in [4.69, 9.17) is 16.3 Å². The van der Waals surface area contributed by atoms with Gasteiger partial charge in [-0.15, -0.1) is 5.10 Å². The molecule has 0 aliphatic carbocycles. The third kappa shape index (κ3) is 6.09. The molecule has 0 unspecified atom stereocenters. The molecule has 0 saturated heterocycles. The average Bonchev–Trinajstić information content (AvgIpc) is 3.06. The van der Waals surface area contributed by atoms with Gasteiger partial charge >= 0.3 is 5.97 Å². The molecule has 2 N–H and O–H groups in total. The summed E-state index contributed by atoms with van der Waals surface area (Å²) in [4.78, 5) is 15.9. The van der Waals surface area contributed by atoms with Crippen LogP contribution in [0.2, 0.25) is 5.02 Å². The summed E-state index contributed by atoms with van der Waals surface area (Å²) in [6, 6.07) is 11.3. The summed E-state index contributed by atoms with van der Waals surface area (Å²) in [5, 5.41) is 17.2. The molecule has 0 aliphatic rings. The van der Waals surface area contributed by atoms with Crippen LogP contribution in [0.3, 0.4) is 0 Å². The highest BCUT2D eigenvalue weighted by Crippen LogP contribution is 2.32. The van der Waals surface area contributed by atoms with Crippen molar-refractivity contribution in [2.24, 2.45) is 0 Å². The fourth-order valence-corrected chi connectivity index (χ4v) is 5.39. The van der Waals surface area contributed by atoms with E-state index in [1.807, 2.05) is 36.4 Å². The number of hydrogen-bond acceptors (Lipinski definition) is 5. The summed E-state index contributed by atoms with van der Waals surface area (Å²) in [5.41, 5.74) is 1.65. The highest BCUT2D eigenvalue weighted by molar-refractivity contribution is 14.1. The van der Waals surface area contributed by atoms with Gasteiger partial charge in [-0.2, -0.15) is 0 Å². The van der Waals surface area contributed by atoms with Crippen LogP contribution in [0, 0.1) is 14.1 Å². The minimum atomic E-state index is -1.04. The number of rotatable bonds is 7. The minimum Gasteiger partial charge on any atom is -0.487 e. The van der Waals surface area contributed by atoms with Gasteiger partial charge in [0.2, 0.25) is 5.16 Å². The van der Waals surface area contributed by atoms with Crippen molar-refractivity contribution in [1.82, 2.24) is 15.2 Å². The van der Waals surface area contributed by atoms with E-state index in [-0.39, 0.29) is 4.91 Å². The molecular weight excluding hydrogens is 640 g/mol. The van der Waals surface area contributed by atoms with E-state index in [1.54, 1.807) is 13.0 Å². The smallest absolute Gasteiger partial charge is 0.342 e. The maximum Gasteiger partial charge on any atom is 0.342 e. The van der Waals surface area contributed by atoms with E-state index in [9.17, 15) is 9.90 Å². The molecule has 0 amide bonds. The van der Waals surface area contributed by atoms with E-state index >= 15 is 0 Å². The van der Waals surface area contributed by atoms with E-state index < -0.39 is 5.97 Å². The lowest BCUT2D eigenvalue weighted by Gasteiger charge is -2.12. The van der Waals surface area contributed by atoms with E-state index in [0.717, 1.165) is 35.8 Å². The Balaban J connectivity index is 1.82. The second kappa shape index (κ2) is 10.1. The van der Waals surface area contributed by atoms with Crippen molar-refractivity contribution in [2.45, 2.75) is 18.7 Å². The molecule has 29 heavy (non-hydrogen) atoms. The van der Waals surface area contributed by atoms with Gasteiger partial charge in [-0.1, -0.05) is 29.8 Å². The summed E-state index contributed by atoms with van der Waals surface area (Å²) >= 11 is 11.5. The predicted octanol–water partition coefficient (Wildman–Crippen LogP) is 5.77. The average molecular weight is 654 g/mol. The summed E-state index contributed by atoms with van der Waals surface area (Å²) in [7, 11) is 0. The van der Waals surface area contributed by atoms with E-state index in [2.05, 4.69) is 60.4 Å². The Bertz CT molecular complexity index is 1070. The number of carbonyl (C=O) groups is 1. The highest BCUT2D eigenvalue weighted by Gasteiger charge is 2.15. The number of halogens is 3. The Morgan fingerprint density at radius 3 is 2.59 bits per heavy atom. The largest absolute Gasteiger partial charge is 0.487 e. The molecular formula is C19H14ClI2N3O3S. The maximum absolute atomic E-state index is 11.6. The number of thioether (sulfide) groups is 1. The van der Waals surface area contributed by atoms with Crippen molar-refractivity contribution in [2.75, 3.05) is 0 Å². The lowest BCUT2D eigenvalue weighted by Crippen LogP contribution is -2.01. The molecule has 3 rings (SSSR count). The molecule has 3 aromatic rings. The minimum absolute atomic E-state index is 0.125. The van der Waals surface area contributed by atoms with Crippen molar-refractivity contribution >= 4 is 80.6 Å². The van der Waals surface area contributed by atoms with Crippen molar-refractivity contribution in [1.29, 1.82) is 0 Å². The zero-order chi connectivity index (χ0) is 21.0. The Morgan fingerprint density at radius 1 is 1.31 bits per heavy atom. The molecule has 0 bridgehead atoms. The summed E-state index contributed by atoms with van der Waals surface area (Å²) in [5.74, 6) is 0.320. The first-order valence-corrected chi connectivity index (χ1v) is 11.6. The predicted molar refractivity (Wildman–Crippen MR) is 130 cm³/mol. The first-order chi connectivity index (χ1) is 13.8. The van der Waals surface area contributed by atoms with Crippen molar-refractivity contribution in [3.8, 4) is 5.75 Å². The Morgan fingerprint density at radius 2 is 2.00 bits per heavy atom. The van der Waals surface area contributed by atoms with Gasteiger partial charge in [0.25, 0.3) is 0 Å². The number of hydrogen-bond donors (Lipinski definition) is 2. The molecule has 0 atom stereocenters. The number of aromatic amines is 1. The Kier molecular flexibility index (Phi) is 7.82. The third-order valence-electron chi connectivity index (χ3n) is 3.64. The SMILES string of the molecule is Cc1nc(S/C(=C\c2cc(I)c(OCc3ccccc3Cl)c(I)c2)C(=O)O)n[nH]1. The van der Waals surface area contributed by atoms with Crippen LogP contribution in [0.4, 0.5) is 0 Å². The number of carboxylic acids is 1. The zero-order valence-electron chi connectivity index (χ0n) is 14.9. The van der Waals surface area contributed by atoms with Crippen LogP contribution < -0.4 is 4.74 Å².